The molecular weight excluding hydrogens is 354 g/mol. The number of fused-ring (bicyclic) bond motifs is 1. The summed E-state index contributed by atoms with van der Waals surface area (Å²) in [7, 11) is 0. The molecule has 0 aliphatic carbocycles. The van der Waals surface area contributed by atoms with Crippen molar-refractivity contribution in [2.45, 2.75) is 25.9 Å². The molecule has 148 valence electrons. The lowest BCUT2D eigenvalue weighted by molar-refractivity contribution is 0.133. The number of hydrogen-bond acceptors (Lipinski definition) is 6. The third kappa shape index (κ3) is 4.13. The van der Waals surface area contributed by atoms with Crippen molar-refractivity contribution >= 4 is 17.1 Å². The van der Waals surface area contributed by atoms with E-state index >= 15 is 0 Å². The molecule has 28 heavy (non-hydrogen) atoms. The van der Waals surface area contributed by atoms with Crippen LogP contribution in [-0.2, 0) is 6.54 Å². The Hall–Kier alpha value is -2.57. The van der Waals surface area contributed by atoms with Crippen molar-refractivity contribution in [3.05, 3.63) is 54.1 Å². The van der Waals surface area contributed by atoms with Crippen LogP contribution in [0, 0.1) is 0 Å². The Labute approximate surface area is 165 Å². The maximum atomic E-state index is 9.57. The fourth-order valence-electron chi connectivity index (χ4n) is 3.79. The second-order valence-electron chi connectivity index (χ2n) is 7.12. The third-order valence-corrected chi connectivity index (χ3v) is 5.24. The van der Waals surface area contributed by atoms with E-state index in [0.717, 1.165) is 49.4 Å². The van der Waals surface area contributed by atoms with Crippen LogP contribution in [-0.4, -0.2) is 53.9 Å². The van der Waals surface area contributed by atoms with Gasteiger partial charge in [0.2, 0.25) is 0 Å². The maximum absolute atomic E-state index is 9.57. The summed E-state index contributed by atoms with van der Waals surface area (Å²) in [6, 6.07) is 17.0. The normalized spacial score (nSPS) is 17.9. The second-order valence-corrected chi connectivity index (χ2v) is 7.12. The number of oxazole rings is 1. The van der Waals surface area contributed by atoms with Gasteiger partial charge in [0.15, 0.2) is 5.58 Å². The first-order valence-electron chi connectivity index (χ1n) is 9.94. The summed E-state index contributed by atoms with van der Waals surface area (Å²) in [5, 5.41) is 9.57. The van der Waals surface area contributed by atoms with Crippen LogP contribution in [0.3, 0.4) is 0 Å². The Morgan fingerprint density at radius 2 is 1.96 bits per heavy atom. The number of ether oxygens (including phenoxy) is 1. The molecule has 1 atom stereocenters. The fourth-order valence-corrected chi connectivity index (χ4v) is 3.79. The van der Waals surface area contributed by atoms with Crippen molar-refractivity contribution in [2.24, 2.45) is 0 Å². The van der Waals surface area contributed by atoms with E-state index in [4.69, 9.17) is 9.15 Å². The van der Waals surface area contributed by atoms with Gasteiger partial charge in [-0.3, -0.25) is 4.90 Å². The smallest absolute Gasteiger partial charge is 0.298 e. The summed E-state index contributed by atoms with van der Waals surface area (Å²) in [6.07, 6.45) is 0.730. The highest BCUT2D eigenvalue weighted by Gasteiger charge is 2.29. The minimum absolute atomic E-state index is 0.172. The monoisotopic (exact) mass is 381 g/mol. The van der Waals surface area contributed by atoms with E-state index in [1.54, 1.807) is 0 Å². The summed E-state index contributed by atoms with van der Waals surface area (Å²) in [6.45, 7) is 6.25. The molecule has 1 aliphatic heterocycles. The average molecular weight is 381 g/mol. The summed E-state index contributed by atoms with van der Waals surface area (Å²) >= 11 is 0. The predicted octanol–water partition coefficient (Wildman–Crippen LogP) is 3.30. The summed E-state index contributed by atoms with van der Waals surface area (Å²) in [5.41, 5.74) is 2.95. The number of benzene rings is 2. The van der Waals surface area contributed by atoms with Crippen LogP contribution in [0.4, 0.5) is 6.01 Å². The molecule has 1 N–H and O–H groups in total. The van der Waals surface area contributed by atoms with Crippen LogP contribution < -0.4 is 9.64 Å². The van der Waals surface area contributed by atoms with Crippen molar-refractivity contribution < 1.29 is 14.3 Å². The molecule has 0 spiro atoms. The van der Waals surface area contributed by atoms with E-state index in [9.17, 15) is 5.11 Å². The van der Waals surface area contributed by atoms with Crippen LogP contribution in [0.2, 0.25) is 0 Å². The zero-order valence-electron chi connectivity index (χ0n) is 16.3. The highest BCUT2D eigenvalue weighted by Crippen LogP contribution is 2.25. The maximum Gasteiger partial charge on any atom is 0.298 e. The molecule has 3 aromatic rings. The standard InChI is InChI=1S/C22H27N3O3/c1-2-27-19-9-7-17(8-10-19)15-24-12-13-25(16-18(24)11-14-26)22-23-20-5-3-4-6-21(20)28-22/h3-10,18,26H,2,11-16H2,1H3/t18-/m1/s1. The topological polar surface area (TPSA) is 62.0 Å². The number of anilines is 1. The molecule has 1 saturated heterocycles. The summed E-state index contributed by atoms with van der Waals surface area (Å²) in [4.78, 5) is 9.26. The predicted molar refractivity (Wildman–Crippen MR) is 110 cm³/mol. The molecule has 0 amide bonds. The molecule has 1 aromatic heterocycles. The third-order valence-electron chi connectivity index (χ3n) is 5.24. The molecule has 1 aliphatic rings. The van der Waals surface area contributed by atoms with Gasteiger partial charge in [0, 0.05) is 38.8 Å². The van der Waals surface area contributed by atoms with E-state index in [1.165, 1.54) is 5.56 Å². The van der Waals surface area contributed by atoms with Gasteiger partial charge in [-0.05, 0) is 43.2 Å². The zero-order valence-corrected chi connectivity index (χ0v) is 16.3. The zero-order chi connectivity index (χ0) is 19.3. The van der Waals surface area contributed by atoms with Gasteiger partial charge in [-0.1, -0.05) is 24.3 Å². The van der Waals surface area contributed by atoms with Gasteiger partial charge >= 0.3 is 0 Å². The van der Waals surface area contributed by atoms with Gasteiger partial charge in [-0.15, -0.1) is 0 Å². The van der Waals surface area contributed by atoms with E-state index in [0.29, 0.717) is 12.6 Å². The molecule has 0 bridgehead atoms. The number of aliphatic hydroxyl groups excluding tert-OH is 1. The van der Waals surface area contributed by atoms with E-state index in [2.05, 4.69) is 26.9 Å². The number of piperazine rings is 1. The van der Waals surface area contributed by atoms with Gasteiger partial charge < -0.3 is 19.2 Å². The SMILES string of the molecule is CCOc1ccc(CN2CCN(c3nc4ccccc4o3)C[C@H]2CCO)cc1. The first-order valence-corrected chi connectivity index (χ1v) is 9.94. The largest absolute Gasteiger partial charge is 0.494 e. The lowest BCUT2D eigenvalue weighted by Crippen LogP contribution is -2.53. The second kappa shape index (κ2) is 8.63. The molecular formula is C22H27N3O3. The molecule has 0 saturated carbocycles. The average Bonchev–Trinajstić information content (AvgIpc) is 3.15. The minimum atomic E-state index is 0.172. The van der Waals surface area contributed by atoms with Crippen molar-refractivity contribution in [3.63, 3.8) is 0 Å². The van der Waals surface area contributed by atoms with Crippen molar-refractivity contribution in [3.8, 4) is 5.75 Å². The summed E-state index contributed by atoms with van der Waals surface area (Å²) < 4.78 is 11.5. The van der Waals surface area contributed by atoms with Gasteiger partial charge in [0.05, 0.1) is 6.61 Å². The molecule has 6 nitrogen and oxygen atoms in total. The molecule has 0 radical (unpaired) electrons. The number of nitrogens with zero attached hydrogens (tertiary/aromatic N) is 3. The Morgan fingerprint density at radius 3 is 2.71 bits per heavy atom. The summed E-state index contributed by atoms with van der Waals surface area (Å²) in [5.74, 6) is 0.902. The van der Waals surface area contributed by atoms with Crippen LogP contribution in [0.25, 0.3) is 11.1 Å². The highest BCUT2D eigenvalue weighted by molar-refractivity contribution is 5.74. The molecule has 4 rings (SSSR count). The van der Waals surface area contributed by atoms with Crippen molar-refractivity contribution in [1.82, 2.24) is 9.88 Å². The highest BCUT2D eigenvalue weighted by atomic mass is 16.5. The van der Waals surface area contributed by atoms with Crippen molar-refractivity contribution in [2.75, 3.05) is 37.7 Å². The molecule has 6 heteroatoms. The number of aliphatic hydroxyl groups is 1. The number of para-hydroxylation sites is 2. The van der Waals surface area contributed by atoms with Crippen molar-refractivity contribution in [1.29, 1.82) is 0 Å². The van der Waals surface area contributed by atoms with Crippen LogP contribution in [0.5, 0.6) is 5.75 Å². The van der Waals surface area contributed by atoms with Crippen LogP contribution in [0.1, 0.15) is 18.9 Å². The van der Waals surface area contributed by atoms with Gasteiger partial charge in [0.1, 0.15) is 11.3 Å². The van der Waals surface area contributed by atoms with Gasteiger partial charge in [-0.25, -0.2) is 0 Å². The van der Waals surface area contributed by atoms with Gasteiger partial charge in [0.25, 0.3) is 6.01 Å². The fraction of sp³-hybridized carbons (Fsp3) is 0.409. The number of rotatable bonds is 7. The van der Waals surface area contributed by atoms with E-state index < -0.39 is 0 Å². The van der Waals surface area contributed by atoms with E-state index in [-0.39, 0.29) is 12.6 Å². The Morgan fingerprint density at radius 1 is 1.14 bits per heavy atom. The first kappa shape index (κ1) is 18.8. The lowest BCUT2D eigenvalue weighted by Gasteiger charge is -2.40. The Balaban J connectivity index is 1.45. The Bertz CT molecular complexity index is 860. The lowest BCUT2D eigenvalue weighted by atomic mass is 10.1. The molecule has 1 fully saturated rings. The molecule has 0 unspecified atom stereocenters. The van der Waals surface area contributed by atoms with Crippen LogP contribution >= 0.6 is 0 Å². The quantitative estimate of drug-likeness (QED) is 0.678. The first-order chi connectivity index (χ1) is 13.8. The van der Waals surface area contributed by atoms with Crippen LogP contribution in [0.15, 0.2) is 52.9 Å². The van der Waals surface area contributed by atoms with Gasteiger partial charge in [-0.2, -0.15) is 4.98 Å². The van der Waals surface area contributed by atoms with E-state index in [1.807, 2.05) is 43.3 Å². The molecule has 2 aromatic carbocycles. The number of hydrogen-bond donors (Lipinski definition) is 1. The minimum Gasteiger partial charge on any atom is -0.494 e. The molecule has 2 heterocycles. The Kier molecular flexibility index (Phi) is 5.78. The number of aromatic nitrogens is 1.